The third kappa shape index (κ3) is 1.82. The first-order valence-electron chi connectivity index (χ1n) is 5.54. The molecular weight excluding hydrogens is 251 g/mol. The third-order valence-electron chi connectivity index (χ3n) is 2.91. The Morgan fingerprint density at radius 3 is 2.67 bits per heavy atom. The minimum atomic E-state index is 0.452. The van der Waals surface area contributed by atoms with Crippen LogP contribution in [0, 0.1) is 0 Å². The van der Waals surface area contributed by atoms with Gasteiger partial charge in [0, 0.05) is 0 Å². The van der Waals surface area contributed by atoms with Crippen molar-refractivity contribution in [1.29, 1.82) is 0 Å². The molecule has 2 heterocycles. The van der Waals surface area contributed by atoms with Gasteiger partial charge >= 0.3 is 95.5 Å². The van der Waals surface area contributed by atoms with Gasteiger partial charge in [-0.05, 0) is 0 Å². The molecule has 0 saturated carbocycles. The van der Waals surface area contributed by atoms with Crippen molar-refractivity contribution >= 4 is 29.0 Å². The Bertz CT molecular complexity index is 424. The van der Waals surface area contributed by atoms with Gasteiger partial charge in [0.25, 0.3) is 0 Å². The minimum absolute atomic E-state index is 0.452. The van der Waals surface area contributed by atoms with Crippen molar-refractivity contribution in [3.8, 4) is 0 Å². The molecule has 3 rings (SSSR count). The van der Waals surface area contributed by atoms with Crippen LogP contribution >= 0.6 is 0 Å². The zero-order valence-electron chi connectivity index (χ0n) is 8.65. The molecule has 0 N–H and O–H groups in total. The predicted molar refractivity (Wildman–Crippen MR) is 64.7 cm³/mol. The van der Waals surface area contributed by atoms with E-state index in [2.05, 4.69) is 29.2 Å². The molecule has 1 aliphatic heterocycles. The Morgan fingerprint density at radius 2 is 1.87 bits per heavy atom. The Kier molecular flexibility index (Phi) is 2.51. The van der Waals surface area contributed by atoms with Crippen LogP contribution in [-0.2, 0) is 0 Å². The zero-order valence-corrected chi connectivity index (χ0v) is 10.4. The number of para-hydroxylation sites is 1. The molecule has 2 nitrogen and oxygen atoms in total. The van der Waals surface area contributed by atoms with E-state index in [9.17, 15) is 0 Å². The van der Waals surface area contributed by atoms with Gasteiger partial charge in [0.2, 0.25) is 0 Å². The van der Waals surface area contributed by atoms with Crippen molar-refractivity contribution < 1.29 is 0 Å². The number of fused-ring (bicyclic) bond motifs is 1. The summed E-state index contributed by atoms with van der Waals surface area (Å²) in [6.45, 7) is 2.43. The van der Waals surface area contributed by atoms with E-state index in [1.807, 2.05) is 0 Å². The summed E-state index contributed by atoms with van der Waals surface area (Å²) in [5.41, 5.74) is 1.21. The summed E-state index contributed by atoms with van der Waals surface area (Å²) in [6, 6.07) is 8.55. The number of anilines is 1. The molecule has 0 atom stereocenters. The van der Waals surface area contributed by atoms with Crippen LogP contribution in [0.5, 0.6) is 0 Å². The van der Waals surface area contributed by atoms with Gasteiger partial charge in [-0.1, -0.05) is 0 Å². The van der Waals surface area contributed by atoms with Crippen LogP contribution < -0.4 is 4.90 Å². The van der Waals surface area contributed by atoms with Crippen LogP contribution in [0.15, 0.2) is 24.3 Å². The third-order valence-corrected chi connectivity index (χ3v) is 5.21. The number of rotatable bonds is 1. The molecule has 78 valence electrons. The molecular formula is C12H14N2Se. The molecule has 1 aliphatic rings. The van der Waals surface area contributed by atoms with Crippen LogP contribution in [0.1, 0.15) is 19.3 Å². The molecule has 1 saturated heterocycles. The summed E-state index contributed by atoms with van der Waals surface area (Å²) >= 11 is 0.452. The Morgan fingerprint density at radius 1 is 1.07 bits per heavy atom. The second-order valence-electron chi connectivity index (χ2n) is 4.01. The summed E-state index contributed by atoms with van der Waals surface area (Å²) in [4.78, 5) is 7.24. The van der Waals surface area contributed by atoms with Crippen molar-refractivity contribution in [3.05, 3.63) is 24.3 Å². The van der Waals surface area contributed by atoms with Gasteiger partial charge in [-0.3, -0.25) is 0 Å². The number of hydrogen-bond donors (Lipinski definition) is 0. The number of hydrogen-bond acceptors (Lipinski definition) is 2. The monoisotopic (exact) mass is 266 g/mol. The van der Waals surface area contributed by atoms with Crippen LogP contribution in [0.2, 0.25) is 0 Å². The fraction of sp³-hybridized carbons (Fsp3) is 0.417. The number of aromatic nitrogens is 1. The van der Waals surface area contributed by atoms with Crippen molar-refractivity contribution in [3.63, 3.8) is 0 Å². The van der Waals surface area contributed by atoms with Gasteiger partial charge < -0.3 is 0 Å². The summed E-state index contributed by atoms with van der Waals surface area (Å²) in [5, 5.41) is 0. The Hall–Kier alpha value is -0.791. The average Bonchev–Trinajstić information content (AvgIpc) is 2.74. The number of benzene rings is 1. The molecule has 1 aromatic carbocycles. The predicted octanol–water partition coefficient (Wildman–Crippen LogP) is 2.28. The normalized spacial score (nSPS) is 17.2. The van der Waals surface area contributed by atoms with E-state index in [0.717, 1.165) is 0 Å². The summed E-state index contributed by atoms with van der Waals surface area (Å²) in [5.74, 6) is 0. The molecule has 1 fully saturated rings. The van der Waals surface area contributed by atoms with Gasteiger partial charge in [0.15, 0.2) is 0 Å². The van der Waals surface area contributed by atoms with Crippen molar-refractivity contribution in [2.75, 3.05) is 18.0 Å². The Balaban J connectivity index is 1.96. The Labute approximate surface area is 95.7 Å². The average molecular weight is 265 g/mol. The molecule has 0 aliphatic carbocycles. The first-order chi connectivity index (χ1) is 7.43. The van der Waals surface area contributed by atoms with E-state index in [0.29, 0.717) is 14.5 Å². The van der Waals surface area contributed by atoms with E-state index in [-0.39, 0.29) is 0 Å². The topological polar surface area (TPSA) is 16.1 Å². The second kappa shape index (κ2) is 3.99. The summed E-state index contributed by atoms with van der Waals surface area (Å²) < 4.78 is 2.80. The maximum atomic E-state index is 4.75. The van der Waals surface area contributed by atoms with Gasteiger partial charge in [-0.2, -0.15) is 0 Å². The van der Waals surface area contributed by atoms with Gasteiger partial charge in [0.05, 0.1) is 0 Å². The molecule has 15 heavy (non-hydrogen) atoms. The van der Waals surface area contributed by atoms with Crippen LogP contribution in [0.4, 0.5) is 4.69 Å². The van der Waals surface area contributed by atoms with E-state index in [4.69, 9.17) is 4.98 Å². The first-order valence-corrected chi connectivity index (χ1v) is 7.25. The van der Waals surface area contributed by atoms with E-state index in [1.165, 1.54) is 46.8 Å². The van der Waals surface area contributed by atoms with E-state index >= 15 is 0 Å². The van der Waals surface area contributed by atoms with Gasteiger partial charge in [-0.15, -0.1) is 0 Å². The molecule has 0 spiro atoms. The maximum absolute atomic E-state index is 4.75. The van der Waals surface area contributed by atoms with Crippen LogP contribution in [0.3, 0.4) is 0 Å². The quantitative estimate of drug-likeness (QED) is 0.735. The second-order valence-corrected chi connectivity index (χ2v) is 6.13. The van der Waals surface area contributed by atoms with E-state index < -0.39 is 0 Å². The fourth-order valence-electron chi connectivity index (χ4n) is 2.08. The van der Waals surface area contributed by atoms with Crippen molar-refractivity contribution in [1.82, 2.24) is 4.98 Å². The van der Waals surface area contributed by atoms with Crippen LogP contribution in [-0.4, -0.2) is 32.6 Å². The zero-order chi connectivity index (χ0) is 10.1. The van der Waals surface area contributed by atoms with E-state index in [1.54, 1.807) is 0 Å². The first kappa shape index (κ1) is 9.44. The molecule has 2 aromatic rings. The molecule has 3 heteroatoms. The van der Waals surface area contributed by atoms with Crippen LogP contribution in [0.25, 0.3) is 9.78 Å². The number of nitrogens with zero attached hydrogens (tertiary/aromatic N) is 2. The molecule has 0 bridgehead atoms. The summed E-state index contributed by atoms with van der Waals surface area (Å²) in [6.07, 6.45) is 4.07. The fourth-order valence-corrected chi connectivity index (χ4v) is 4.21. The molecule has 0 radical (unpaired) electrons. The molecule has 0 amide bonds. The van der Waals surface area contributed by atoms with Gasteiger partial charge in [-0.25, -0.2) is 0 Å². The summed E-state index contributed by atoms with van der Waals surface area (Å²) in [7, 11) is 0. The molecule has 1 aromatic heterocycles. The standard InChI is InChI=1S/C12H14N2Se/c1-4-8-14(9-5-1)12-13-10-6-2-3-7-11(10)15-12/h2-3,6-7H,1,4-5,8-9H2. The van der Waals surface area contributed by atoms with Crippen molar-refractivity contribution in [2.45, 2.75) is 19.3 Å². The SMILES string of the molecule is c1ccc2[se]c(N3CCCCC3)nc2c1. The van der Waals surface area contributed by atoms with Crippen molar-refractivity contribution in [2.24, 2.45) is 0 Å². The molecule has 0 unspecified atom stereocenters. The van der Waals surface area contributed by atoms with Gasteiger partial charge in [0.1, 0.15) is 0 Å². The number of piperidine rings is 1.